The lowest BCUT2D eigenvalue weighted by Crippen LogP contribution is -2.29. The first-order valence-electron chi connectivity index (χ1n) is 6.79. The summed E-state index contributed by atoms with van der Waals surface area (Å²) in [4.78, 5) is 0.224. The molecule has 0 unspecified atom stereocenters. The van der Waals surface area contributed by atoms with Gasteiger partial charge in [0, 0.05) is 6.54 Å². The maximum atomic E-state index is 13.0. The van der Waals surface area contributed by atoms with Gasteiger partial charge in [0.05, 0.1) is 12.8 Å². The number of nitrogens with zero attached hydrogens (tertiary/aromatic N) is 1. The van der Waals surface area contributed by atoms with Crippen LogP contribution in [0, 0.1) is 6.92 Å². The van der Waals surface area contributed by atoms with Crippen LogP contribution in [-0.2, 0) is 16.4 Å². The molecule has 0 aromatic heterocycles. The van der Waals surface area contributed by atoms with Crippen LogP contribution in [0.15, 0.2) is 47.4 Å². The van der Waals surface area contributed by atoms with Gasteiger partial charge in [0.25, 0.3) is 10.0 Å². The zero-order valence-corrected chi connectivity index (χ0v) is 12.9. The van der Waals surface area contributed by atoms with E-state index in [0.717, 1.165) is 23.2 Å². The quantitative estimate of drug-likeness (QED) is 0.876. The number of aryl methyl sites for hydroxylation is 1. The molecular weight excluding hydrogens is 286 g/mol. The van der Waals surface area contributed by atoms with Crippen molar-refractivity contribution >= 4 is 15.7 Å². The van der Waals surface area contributed by atoms with E-state index in [9.17, 15) is 8.42 Å². The number of methoxy groups -OCH3 is 1. The Kier molecular flexibility index (Phi) is 3.37. The fourth-order valence-corrected chi connectivity index (χ4v) is 4.41. The van der Waals surface area contributed by atoms with Gasteiger partial charge in [0.1, 0.15) is 10.6 Å². The van der Waals surface area contributed by atoms with Gasteiger partial charge in [-0.15, -0.1) is 0 Å². The summed E-state index contributed by atoms with van der Waals surface area (Å²) >= 11 is 0. The summed E-state index contributed by atoms with van der Waals surface area (Å²) < 4.78 is 32.7. The molecule has 21 heavy (non-hydrogen) atoms. The summed E-state index contributed by atoms with van der Waals surface area (Å²) in [6.45, 7) is 2.34. The molecular formula is C16H17NO3S. The van der Waals surface area contributed by atoms with Crippen molar-refractivity contribution in [2.75, 3.05) is 18.0 Å². The van der Waals surface area contributed by atoms with Gasteiger partial charge < -0.3 is 4.74 Å². The Bertz CT molecular complexity index is 784. The predicted molar refractivity (Wildman–Crippen MR) is 82.4 cm³/mol. The molecule has 1 aliphatic heterocycles. The Morgan fingerprint density at radius 2 is 1.90 bits per heavy atom. The van der Waals surface area contributed by atoms with Crippen molar-refractivity contribution in [2.24, 2.45) is 0 Å². The van der Waals surface area contributed by atoms with E-state index in [-0.39, 0.29) is 4.90 Å². The second-order valence-electron chi connectivity index (χ2n) is 5.11. The van der Waals surface area contributed by atoms with Crippen LogP contribution in [0.2, 0.25) is 0 Å². The molecule has 0 amide bonds. The van der Waals surface area contributed by atoms with Crippen molar-refractivity contribution in [1.82, 2.24) is 0 Å². The van der Waals surface area contributed by atoms with Crippen LogP contribution in [0.3, 0.4) is 0 Å². The third-order valence-corrected chi connectivity index (χ3v) is 5.57. The molecule has 0 atom stereocenters. The van der Waals surface area contributed by atoms with Crippen LogP contribution < -0.4 is 9.04 Å². The van der Waals surface area contributed by atoms with Gasteiger partial charge >= 0.3 is 0 Å². The lowest BCUT2D eigenvalue weighted by atomic mass is 10.2. The normalized spacial score (nSPS) is 14.1. The van der Waals surface area contributed by atoms with Gasteiger partial charge in [-0.3, -0.25) is 4.31 Å². The van der Waals surface area contributed by atoms with Gasteiger partial charge in [-0.25, -0.2) is 8.42 Å². The Balaban J connectivity index is 2.13. The minimum Gasteiger partial charge on any atom is -0.495 e. The molecule has 0 aliphatic carbocycles. The van der Waals surface area contributed by atoms with Gasteiger partial charge in [-0.2, -0.15) is 0 Å². The van der Waals surface area contributed by atoms with Crippen LogP contribution in [0.5, 0.6) is 5.75 Å². The monoisotopic (exact) mass is 303 g/mol. The standard InChI is InChI=1S/C16H17NO3S/c1-12-7-8-15(20-2)16(11-12)21(18,19)17-10-9-13-5-3-4-6-14(13)17/h3-8,11H,9-10H2,1-2H3. The number of rotatable bonds is 3. The number of benzene rings is 2. The molecule has 4 nitrogen and oxygen atoms in total. The summed E-state index contributed by atoms with van der Waals surface area (Å²) in [6, 6.07) is 12.8. The number of para-hydroxylation sites is 1. The van der Waals surface area contributed by atoms with Gasteiger partial charge in [-0.1, -0.05) is 24.3 Å². The van der Waals surface area contributed by atoms with E-state index < -0.39 is 10.0 Å². The fourth-order valence-electron chi connectivity index (χ4n) is 2.66. The van der Waals surface area contributed by atoms with Crippen LogP contribution in [0.25, 0.3) is 0 Å². The smallest absolute Gasteiger partial charge is 0.268 e. The average molecular weight is 303 g/mol. The lowest BCUT2D eigenvalue weighted by molar-refractivity contribution is 0.402. The highest BCUT2D eigenvalue weighted by molar-refractivity contribution is 7.93. The van der Waals surface area contributed by atoms with Crippen molar-refractivity contribution in [1.29, 1.82) is 0 Å². The van der Waals surface area contributed by atoms with E-state index in [4.69, 9.17) is 4.74 Å². The fraction of sp³-hybridized carbons (Fsp3) is 0.250. The Morgan fingerprint density at radius 1 is 1.14 bits per heavy atom. The number of hydrogen-bond acceptors (Lipinski definition) is 3. The maximum absolute atomic E-state index is 13.0. The highest BCUT2D eigenvalue weighted by atomic mass is 32.2. The second kappa shape index (κ2) is 5.07. The Morgan fingerprint density at radius 3 is 2.67 bits per heavy atom. The molecule has 0 radical (unpaired) electrons. The summed E-state index contributed by atoms with van der Waals surface area (Å²) in [6.07, 6.45) is 0.740. The van der Waals surface area contributed by atoms with E-state index >= 15 is 0 Å². The van der Waals surface area contributed by atoms with Crippen molar-refractivity contribution in [2.45, 2.75) is 18.2 Å². The maximum Gasteiger partial charge on any atom is 0.268 e. The third kappa shape index (κ3) is 2.27. The molecule has 0 fully saturated rings. The van der Waals surface area contributed by atoms with Gasteiger partial charge in [-0.05, 0) is 42.7 Å². The van der Waals surface area contributed by atoms with Crippen molar-refractivity contribution < 1.29 is 13.2 Å². The first-order valence-corrected chi connectivity index (χ1v) is 8.23. The zero-order chi connectivity index (χ0) is 15.0. The zero-order valence-electron chi connectivity index (χ0n) is 12.0. The molecule has 0 N–H and O–H groups in total. The molecule has 110 valence electrons. The van der Waals surface area contributed by atoms with Crippen molar-refractivity contribution in [3.8, 4) is 5.75 Å². The second-order valence-corrected chi connectivity index (χ2v) is 6.94. The molecule has 3 rings (SSSR count). The molecule has 1 aliphatic rings. The summed E-state index contributed by atoms with van der Waals surface area (Å²) in [5.74, 6) is 0.380. The number of hydrogen-bond donors (Lipinski definition) is 0. The van der Waals surface area contributed by atoms with Crippen LogP contribution in [-0.4, -0.2) is 22.1 Å². The SMILES string of the molecule is COc1ccc(C)cc1S(=O)(=O)N1CCc2ccccc21. The number of sulfonamides is 1. The first kappa shape index (κ1) is 13.9. The molecule has 5 heteroatoms. The van der Waals surface area contributed by atoms with E-state index in [2.05, 4.69) is 0 Å². The predicted octanol–water partition coefficient (Wildman–Crippen LogP) is 2.76. The van der Waals surface area contributed by atoms with Crippen LogP contribution in [0.4, 0.5) is 5.69 Å². The van der Waals surface area contributed by atoms with Crippen molar-refractivity contribution in [3.63, 3.8) is 0 Å². The molecule has 2 aromatic carbocycles. The first-order chi connectivity index (χ1) is 10.0. The largest absolute Gasteiger partial charge is 0.495 e. The number of fused-ring (bicyclic) bond motifs is 1. The number of ether oxygens (including phenoxy) is 1. The van der Waals surface area contributed by atoms with Gasteiger partial charge in [0.15, 0.2) is 0 Å². The topological polar surface area (TPSA) is 46.6 Å². The molecule has 0 bridgehead atoms. The van der Waals surface area contributed by atoms with E-state index in [0.29, 0.717) is 12.3 Å². The molecule has 0 saturated carbocycles. The lowest BCUT2D eigenvalue weighted by Gasteiger charge is -2.21. The average Bonchev–Trinajstić information content (AvgIpc) is 2.92. The van der Waals surface area contributed by atoms with E-state index in [1.165, 1.54) is 11.4 Å². The molecule has 2 aromatic rings. The molecule has 0 spiro atoms. The van der Waals surface area contributed by atoms with Crippen LogP contribution >= 0.6 is 0 Å². The highest BCUT2D eigenvalue weighted by Crippen LogP contribution is 2.35. The van der Waals surface area contributed by atoms with Gasteiger partial charge in [0.2, 0.25) is 0 Å². The summed E-state index contributed by atoms with van der Waals surface area (Å²) in [5, 5.41) is 0. The van der Waals surface area contributed by atoms with Crippen molar-refractivity contribution in [3.05, 3.63) is 53.6 Å². The van der Waals surface area contributed by atoms with Crippen LogP contribution in [0.1, 0.15) is 11.1 Å². The summed E-state index contributed by atoms with van der Waals surface area (Å²) in [5.41, 5.74) is 2.72. The Labute approximate surface area is 125 Å². The molecule has 1 heterocycles. The Hall–Kier alpha value is -2.01. The van der Waals surface area contributed by atoms with E-state index in [1.54, 1.807) is 12.1 Å². The minimum absolute atomic E-state index is 0.224. The van der Waals surface area contributed by atoms with E-state index in [1.807, 2.05) is 37.3 Å². The minimum atomic E-state index is -3.61. The highest BCUT2D eigenvalue weighted by Gasteiger charge is 2.32. The number of anilines is 1. The molecule has 0 saturated heterocycles. The third-order valence-electron chi connectivity index (χ3n) is 3.73. The summed E-state index contributed by atoms with van der Waals surface area (Å²) in [7, 11) is -2.12.